The number of rotatable bonds is 3. The van der Waals surface area contributed by atoms with E-state index in [0.717, 1.165) is 0 Å². The molecule has 1 rings (SSSR count). The SMILES string of the molecule is O=NC(N=O)c1ccccc1. The summed E-state index contributed by atoms with van der Waals surface area (Å²) in [6, 6.07) is 8.49. The predicted molar refractivity (Wildman–Crippen MR) is 40.8 cm³/mol. The van der Waals surface area contributed by atoms with Gasteiger partial charge in [-0.05, 0) is 10.4 Å². The van der Waals surface area contributed by atoms with Crippen molar-refractivity contribution >= 4 is 0 Å². The summed E-state index contributed by atoms with van der Waals surface area (Å²) in [5, 5.41) is 5.10. The van der Waals surface area contributed by atoms with E-state index in [1.165, 1.54) is 0 Å². The monoisotopic (exact) mass is 150 g/mol. The van der Waals surface area contributed by atoms with Gasteiger partial charge in [-0.25, -0.2) is 0 Å². The Morgan fingerprint density at radius 2 is 1.55 bits per heavy atom. The summed E-state index contributed by atoms with van der Waals surface area (Å²) in [5.74, 6) is 0. The zero-order valence-electron chi connectivity index (χ0n) is 5.68. The van der Waals surface area contributed by atoms with Crippen molar-refractivity contribution < 1.29 is 0 Å². The van der Waals surface area contributed by atoms with Crippen molar-refractivity contribution in [2.45, 2.75) is 6.17 Å². The molecule has 0 aromatic heterocycles. The van der Waals surface area contributed by atoms with E-state index in [1.54, 1.807) is 30.3 Å². The van der Waals surface area contributed by atoms with Crippen LogP contribution in [-0.4, -0.2) is 0 Å². The summed E-state index contributed by atoms with van der Waals surface area (Å²) in [5.41, 5.74) is 0.525. The zero-order valence-corrected chi connectivity index (χ0v) is 5.68. The van der Waals surface area contributed by atoms with Crippen molar-refractivity contribution in [3.8, 4) is 0 Å². The molecule has 0 saturated carbocycles. The van der Waals surface area contributed by atoms with Crippen LogP contribution in [0.1, 0.15) is 11.7 Å². The number of hydrogen-bond donors (Lipinski definition) is 0. The van der Waals surface area contributed by atoms with Gasteiger partial charge in [0.15, 0.2) is 0 Å². The number of hydrogen-bond acceptors (Lipinski definition) is 4. The van der Waals surface area contributed by atoms with Gasteiger partial charge in [-0.3, -0.25) is 0 Å². The van der Waals surface area contributed by atoms with Crippen LogP contribution in [-0.2, 0) is 0 Å². The normalized spacial score (nSPS) is 9.55. The minimum Gasteiger partial charge on any atom is -0.148 e. The third-order valence-corrected chi connectivity index (χ3v) is 1.30. The van der Waals surface area contributed by atoms with Gasteiger partial charge in [0.25, 0.3) is 0 Å². The molecule has 0 aliphatic carbocycles. The van der Waals surface area contributed by atoms with Crippen molar-refractivity contribution in [2.75, 3.05) is 0 Å². The highest BCUT2D eigenvalue weighted by molar-refractivity contribution is 5.18. The van der Waals surface area contributed by atoms with E-state index in [0.29, 0.717) is 5.56 Å². The minimum atomic E-state index is -1.10. The lowest BCUT2D eigenvalue weighted by atomic mass is 10.2. The summed E-state index contributed by atoms with van der Waals surface area (Å²) in [6.07, 6.45) is -1.10. The van der Waals surface area contributed by atoms with Gasteiger partial charge >= 0.3 is 0 Å². The van der Waals surface area contributed by atoms with Crippen LogP contribution in [0.2, 0.25) is 0 Å². The largest absolute Gasteiger partial charge is 0.247 e. The van der Waals surface area contributed by atoms with Crippen LogP contribution in [0.25, 0.3) is 0 Å². The molecule has 0 aliphatic heterocycles. The van der Waals surface area contributed by atoms with E-state index >= 15 is 0 Å². The Morgan fingerprint density at radius 3 is 2.00 bits per heavy atom. The lowest BCUT2D eigenvalue weighted by molar-refractivity contribution is 0.763. The molecule has 1 aromatic rings. The highest BCUT2D eigenvalue weighted by Gasteiger charge is 2.09. The fourth-order valence-electron chi connectivity index (χ4n) is 0.766. The molecular weight excluding hydrogens is 144 g/mol. The van der Waals surface area contributed by atoms with Crippen molar-refractivity contribution in [2.24, 2.45) is 10.4 Å². The van der Waals surface area contributed by atoms with Crippen LogP contribution in [0.15, 0.2) is 40.7 Å². The Bertz CT molecular complexity index is 240. The quantitative estimate of drug-likeness (QED) is 0.620. The Morgan fingerprint density at radius 1 is 1.00 bits per heavy atom. The maximum Gasteiger partial charge on any atom is 0.247 e. The fraction of sp³-hybridized carbons (Fsp3) is 0.143. The second-order valence-corrected chi connectivity index (χ2v) is 2.00. The van der Waals surface area contributed by atoms with Crippen LogP contribution in [0, 0.1) is 9.81 Å². The first-order chi connectivity index (χ1) is 5.38. The molecular formula is C7H6N2O2. The zero-order chi connectivity index (χ0) is 8.10. The molecule has 4 nitrogen and oxygen atoms in total. The third kappa shape index (κ3) is 1.67. The molecule has 0 radical (unpaired) electrons. The molecule has 0 N–H and O–H groups in total. The van der Waals surface area contributed by atoms with E-state index < -0.39 is 6.17 Å². The van der Waals surface area contributed by atoms with Gasteiger partial charge in [-0.15, -0.1) is 9.81 Å². The van der Waals surface area contributed by atoms with Gasteiger partial charge in [0.2, 0.25) is 6.17 Å². The van der Waals surface area contributed by atoms with Crippen LogP contribution < -0.4 is 0 Å². The molecule has 0 heterocycles. The van der Waals surface area contributed by atoms with Crippen molar-refractivity contribution in [1.82, 2.24) is 0 Å². The summed E-state index contributed by atoms with van der Waals surface area (Å²) in [6.45, 7) is 0. The molecule has 0 bridgehead atoms. The molecule has 0 spiro atoms. The molecule has 1 aromatic carbocycles. The second kappa shape index (κ2) is 3.55. The standard InChI is InChI=1S/C7H6N2O2/c10-8-7(9-11)6-4-2-1-3-5-6/h1-5,7H. The first-order valence-electron chi connectivity index (χ1n) is 3.08. The molecule has 0 saturated heterocycles. The summed E-state index contributed by atoms with van der Waals surface area (Å²) >= 11 is 0. The van der Waals surface area contributed by atoms with E-state index in [9.17, 15) is 9.81 Å². The van der Waals surface area contributed by atoms with Gasteiger partial charge in [0, 0.05) is 5.56 Å². The van der Waals surface area contributed by atoms with E-state index in [-0.39, 0.29) is 0 Å². The Balaban J connectivity index is 2.90. The average Bonchev–Trinajstić information content (AvgIpc) is 2.09. The van der Waals surface area contributed by atoms with Crippen LogP contribution in [0.4, 0.5) is 0 Å². The molecule has 0 atom stereocenters. The average molecular weight is 150 g/mol. The topological polar surface area (TPSA) is 58.9 Å². The van der Waals surface area contributed by atoms with Crippen molar-refractivity contribution in [3.05, 3.63) is 45.7 Å². The smallest absolute Gasteiger partial charge is 0.148 e. The second-order valence-electron chi connectivity index (χ2n) is 2.00. The highest BCUT2D eigenvalue weighted by Crippen LogP contribution is 2.16. The van der Waals surface area contributed by atoms with Gasteiger partial charge in [-0.2, -0.15) is 0 Å². The maximum absolute atomic E-state index is 9.99. The number of nitrogens with zero attached hydrogens (tertiary/aromatic N) is 2. The van der Waals surface area contributed by atoms with E-state index in [1.807, 2.05) is 0 Å². The Labute approximate surface area is 63.2 Å². The predicted octanol–water partition coefficient (Wildman–Crippen LogP) is 2.22. The lowest BCUT2D eigenvalue weighted by Crippen LogP contribution is -1.87. The van der Waals surface area contributed by atoms with Gasteiger partial charge in [0.1, 0.15) is 0 Å². The lowest BCUT2D eigenvalue weighted by Gasteiger charge is -1.97. The van der Waals surface area contributed by atoms with Gasteiger partial charge in [-0.1, -0.05) is 30.3 Å². The molecule has 11 heavy (non-hydrogen) atoms. The Hall–Kier alpha value is -1.58. The van der Waals surface area contributed by atoms with Crippen LogP contribution in [0.3, 0.4) is 0 Å². The fourth-order valence-corrected chi connectivity index (χ4v) is 0.766. The summed E-state index contributed by atoms with van der Waals surface area (Å²) in [7, 11) is 0. The maximum atomic E-state index is 9.99. The summed E-state index contributed by atoms with van der Waals surface area (Å²) in [4.78, 5) is 20.0. The van der Waals surface area contributed by atoms with E-state index in [2.05, 4.69) is 10.4 Å². The van der Waals surface area contributed by atoms with Crippen LogP contribution in [0.5, 0.6) is 0 Å². The van der Waals surface area contributed by atoms with Gasteiger partial charge < -0.3 is 0 Å². The number of benzene rings is 1. The molecule has 0 fully saturated rings. The molecule has 4 heteroatoms. The molecule has 0 unspecified atom stereocenters. The molecule has 56 valence electrons. The summed E-state index contributed by atoms with van der Waals surface area (Å²) < 4.78 is 0. The highest BCUT2D eigenvalue weighted by atomic mass is 16.3. The van der Waals surface area contributed by atoms with Crippen molar-refractivity contribution in [3.63, 3.8) is 0 Å². The number of nitroso groups, excluding NO2 is 2. The first-order valence-corrected chi connectivity index (χ1v) is 3.08. The van der Waals surface area contributed by atoms with E-state index in [4.69, 9.17) is 0 Å². The Kier molecular flexibility index (Phi) is 2.43. The van der Waals surface area contributed by atoms with Gasteiger partial charge in [0.05, 0.1) is 0 Å². The molecule has 0 aliphatic rings. The first kappa shape index (κ1) is 7.53. The van der Waals surface area contributed by atoms with Crippen LogP contribution >= 0.6 is 0 Å². The minimum absolute atomic E-state index is 0.525. The third-order valence-electron chi connectivity index (χ3n) is 1.30. The van der Waals surface area contributed by atoms with Crippen molar-refractivity contribution in [1.29, 1.82) is 0 Å². The molecule has 0 amide bonds.